The highest BCUT2D eigenvalue weighted by Crippen LogP contribution is 2.23. The summed E-state index contributed by atoms with van der Waals surface area (Å²) in [5.41, 5.74) is 1.85. The predicted octanol–water partition coefficient (Wildman–Crippen LogP) is 2.44. The van der Waals surface area contributed by atoms with E-state index in [1.807, 2.05) is 24.3 Å². The Labute approximate surface area is 127 Å². The minimum absolute atomic E-state index is 0.278. The average molecular weight is 290 g/mol. The van der Waals surface area contributed by atoms with Gasteiger partial charge in [-0.05, 0) is 57.5 Å². The van der Waals surface area contributed by atoms with Crippen LogP contribution in [0.25, 0.3) is 0 Å². The number of carbonyl (C=O) groups is 1. The summed E-state index contributed by atoms with van der Waals surface area (Å²) < 4.78 is 4.72. The van der Waals surface area contributed by atoms with Crippen molar-refractivity contribution in [1.82, 2.24) is 10.2 Å². The van der Waals surface area contributed by atoms with Crippen LogP contribution in [-0.2, 0) is 11.3 Å². The molecular weight excluding hydrogens is 264 g/mol. The highest BCUT2D eigenvalue weighted by atomic mass is 16.5. The molecule has 0 spiro atoms. The monoisotopic (exact) mass is 290 g/mol. The zero-order valence-corrected chi connectivity index (χ0v) is 13.3. The summed E-state index contributed by atoms with van der Waals surface area (Å²) in [4.78, 5) is 13.8. The SMILES string of the molecule is CNC1CCC(N(C)Cc2ccc(C(=O)OC)cc2)CC1. The number of esters is 1. The van der Waals surface area contributed by atoms with Gasteiger partial charge in [0.1, 0.15) is 0 Å². The molecular formula is C17H26N2O2. The molecule has 2 rings (SSSR count). The third-order valence-corrected chi connectivity index (χ3v) is 4.54. The molecule has 0 saturated heterocycles. The Balaban J connectivity index is 1.88. The summed E-state index contributed by atoms with van der Waals surface area (Å²) in [5, 5.41) is 3.37. The largest absolute Gasteiger partial charge is 0.465 e. The summed E-state index contributed by atoms with van der Waals surface area (Å²) >= 11 is 0. The van der Waals surface area contributed by atoms with Crippen LogP contribution >= 0.6 is 0 Å². The summed E-state index contributed by atoms with van der Waals surface area (Å²) in [6.07, 6.45) is 5.02. The third kappa shape index (κ3) is 4.29. The van der Waals surface area contributed by atoms with Gasteiger partial charge in [0.05, 0.1) is 12.7 Å². The molecule has 4 heteroatoms. The fourth-order valence-electron chi connectivity index (χ4n) is 3.09. The molecule has 0 aromatic heterocycles. The van der Waals surface area contributed by atoms with E-state index in [2.05, 4.69) is 24.3 Å². The molecule has 0 radical (unpaired) electrons. The molecule has 0 amide bonds. The Kier molecular flexibility index (Phi) is 5.76. The van der Waals surface area contributed by atoms with Crippen LogP contribution in [0.1, 0.15) is 41.6 Å². The number of ether oxygens (including phenoxy) is 1. The fraction of sp³-hybridized carbons (Fsp3) is 0.588. The number of rotatable bonds is 5. The minimum Gasteiger partial charge on any atom is -0.465 e. The van der Waals surface area contributed by atoms with Gasteiger partial charge in [0.2, 0.25) is 0 Å². The molecule has 4 nitrogen and oxygen atoms in total. The van der Waals surface area contributed by atoms with E-state index in [0.717, 1.165) is 6.54 Å². The molecule has 1 saturated carbocycles. The second-order valence-electron chi connectivity index (χ2n) is 5.90. The maximum atomic E-state index is 11.4. The topological polar surface area (TPSA) is 41.6 Å². The average Bonchev–Trinajstić information content (AvgIpc) is 2.55. The number of methoxy groups -OCH3 is 1. The molecule has 0 bridgehead atoms. The normalized spacial score (nSPS) is 22.3. The summed E-state index contributed by atoms with van der Waals surface area (Å²) in [6.45, 7) is 0.927. The molecule has 1 aromatic rings. The van der Waals surface area contributed by atoms with E-state index < -0.39 is 0 Å². The van der Waals surface area contributed by atoms with Crippen molar-refractivity contribution in [3.8, 4) is 0 Å². The van der Waals surface area contributed by atoms with Crippen molar-refractivity contribution in [2.45, 2.75) is 44.3 Å². The lowest BCUT2D eigenvalue weighted by Gasteiger charge is -2.34. The van der Waals surface area contributed by atoms with Crippen LogP contribution in [0.15, 0.2) is 24.3 Å². The van der Waals surface area contributed by atoms with E-state index in [1.54, 1.807) is 0 Å². The number of nitrogens with zero attached hydrogens (tertiary/aromatic N) is 1. The molecule has 1 N–H and O–H groups in total. The second kappa shape index (κ2) is 7.57. The van der Waals surface area contributed by atoms with Gasteiger partial charge in [-0.15, -0.1) is 0 Å². The molecule has 1 aliphatic rings. The predicted molar refractivity (Wildman–Crippen MR) is 84.4 cm³/mol. The van der Waals surface area contributed by atoms with Crippen molar-refractivity contribution in [2.75, 3.05) is 21.2 Å². The van der Waals surface area contributed by atoms with E-state index in [4.69, 9.17) is 4.74 Å². The van der Waals surface area contributed by atoms with E-state index >= 15 is 0 Å². The van der Waals surface area contributed by atoms with Gasteiger partial charge >= 0.3 is 5.97 Å². The Morgan fingerprint density at radius 2 is 1.86 bits per heavy atom. The van der Waals surface area contributed by atoms with E-state index in [-0.39, 0.29) is 5.97 Å². The van der Waals surface area contributed by atoms with Gasteiger partial charge in [-0.1, -0.05) is 12.1 Å². The van der Waals surface area contributed by atoms with E-state index in [0.29, 0.717) is 17.6 Å². The number of carbonyl (C=O) groups excluding carboxylic acids is 1. The van der Waals surface area contributed by atoms with Crippen LogP contribution < -0.4 is 5.32 Å². The Morgan fingerprint density at radius 3 is 2.38 bits per heavy atom. The Morgan fingerprint density at radius 1 is 1.24 bits per heavy atom. The summed E-state index contributed by atoms with van der Waals surface area (Å²) in [5.74, 6) is -0.278. The van der Waals surface area contributed by atoms with Crippen LogP contribution in [0.2, 0.25) is 0 Å². The summed E-state index contributed by atoms with van der Waals surface area (Å²) in [7, 11) is 5.65. The van der Waals surface area contributed by atoms with Crippen molar-refractivity contribution < 1.29 is 9.53 Å². The van der Waals surface area contributed by atoms with Gasteiger partial charge in [-0.2, -0.15) is 0 Å². The van der Waals surface area contributed by atoms with Gasteiger partial charge in [0, 0.05) is 18.6 Å². The van der Waals surface area contributed by atoms with Crippen LogP contribution in [0.3, 0.4) is 0 Å². The van der Waals surface area contributed by atoms with Gasteiger partial charge in [0.15, 0.2) is 0 Å². The maximum Gasteiger partial charge on any atom is 0.337 e. The van der Waals surface area contributed by atoms with Gasteiger partial charge in [-0.3, -0.25) is 4.90 Å². The Hall–Kier alpha value is -1.39. The molecule has 116 valence electrons. The first-order chi connectivity index (χ1) is 10.1. The van der Waals surface area contributed by atoms with Gasteiger partial charge in [-0.25, -0.2) is 4.79 Å². The third-order valence-electron chi connectivity index (χ3n) is 4.54. The molecule has 1 fully saturated rings. The molecule has 0 heterocycles. The molecule has 0 aliphatic heterocycles. The van der Waals surface area contributed by atoms with Crippen molar-refractivity contribution >= 4 is 5.97 Å². The fourth-order valence-corrected chi connectivity index (χ4v) is 3.09. The maximum absolute atomic E-state index is 11.4. The first kappa shape index (κ1) is 16.0. The van der Waals surface area contributed by atoms with Crippen LogP contribution in [-0.4, -0.2) is 44.2 Å². The van der Waals surface area contributed by atoms with Crippen molar-refractivity contribution in [3.63, 3.8) is 0 Å². The lowest BCUT2D eigenvalue weighted by Crippen LogP contribution is -2.39. The van der Waals surface area contributed by atoms with Crippen LogP contribution in [0, 0.1) is 0 Å². The quantitative estimate of drug-likeness (QED) is 0.846. The molecule has 21 heavy (non-hydrogen) atoms. The number of nitrogens with one attached hydrogen (secondary N) is 1. The zero-order chi connectivity index (χ0) is 15.2. The summed E-state index contributed by atoms with van der Waals surface area (Å²) in [6, 6.07) is 9.06. The van der Waals surface area contributed by atoms with Crippen molar-refractivity contribution in [3.05, 3.63) is 35.4 Å². The Bertz CT molecular complexity index is 450. The smallest absolute Gasteiger partial charge is 0.337 e. The molecule has 1 aromatic carbocycles. The minimum atomic E-state index is -0.278. The molecule has 0 atom stereocenters. The highest BCUT2D eigenvalue weighted by molar-refractivity contribution is 5.89. The van der Waals surface area contributed by atoms with Crippen molar-refractivity contribution in [2.24, 2.45) is 0 Å². The second-order valence-corrected chi connectivity index (χ2v) is 5.90. The molecule has 1 aliphatic carbocycles. The first-order valence-electron chi connectivity index (χ1n) is 7.68. The number of benzene rings is 1. The zero-order valence-electron chi connectivity index (χ0n) is 13.3. The van der Waals surface area contributed by atoms with Crippen LogP contribution in [0.5, 0.6) is 0 Å². The highest BCUT2D eigenvalue weighted by Gasteiger charge is 2.22. The van der Waals surface area contributed by atoms with Gasteiger partial charge in [0.25, 0.3) is 0 Å². The van der Waals surface area contributed by atoms with Gasteiger partial charge < -0.3 is 10.1 Å². The van der Waals surface area contributed by atoms with E-state index in [9.17, 15) is 4.79 Å². The number of hydrogen-bond acceptors (Lipinski definition) is 4. The first-order valence-corrected chi connectivity index (χ1v) is 7.68. The lowest BCUT2D eigenvalue weighted by molar-refractivity contribution is 0.0600. The number of hydrogen-bond donors (Lipinski definition) is 1. The lowest BCUT2D eigenvalue weighted by atomic mass is 9.90. The van der Waals surface area contributed by atoms with Crippen LogP contribution in [0.4, 0.5) is 0 Å². The van der Waals surface area contributed by atoms with E-state index in [1.165, 1.54) is 38.4 Å². The van der Waals surface area contributed by atoms with Crippen molar-refractivity contribution in [1.29, 1.82) is 0 Å². The standard InChI is InChI=1S/C17H26N2O2/c1-18-15-8-10-16(11-9-15)19(2)12-13-4-6-14(7-5-13)17(20)21-3/h4-7,15-16,18H,8-12H2,1-3H3. The molecule has 0 unspecified atom stereocenters.